The summed E-state index contributed by atoms with van der Waals surface area (Å²) in [4.78, 5) is 12.1. The first-order chi connectivity index (χ1) is 11.4. The van der Waals surface area contributed by atoms with Gasteiger partial charge in [-0.25, -0.2) is 0 Å². The third-order valence-electron chi connectivity index (χ3n) is 4.82. The van der Waals surface area contributed by atoms with Crippen LogP contribution in [0.4, 0.5) is 22.7 Å². The summed E-state index contributed by atoms with van der Waals surface area (Å²) in [6.07, 6.45) is -0.114. The monoisotopic (exact) mass is 360 g/mol. The third-order valence-corrected chi connectivity index (χ3v) is 4.82. The number of benzene rings is 2. The molecule has 5 N–H and O–H groups in total. The first-order valence-electron chi connectivity index (χ1n) is 7.86. The van der Waals surface area contributed by atoms with E-state index in [2.05, 4.69) is 16.0 Å². The van der Waals surface area contributed by atoms with Crippen LogP contribution in [0.2, 0.25) is 0 Å². The molecule has 1 unspecified atom stereocenters. The zero-order chi connectivity index (χ0) is 17.1. The molecule has 0 aromatic heterocycles. The Morgan fingerprint density at radius 3 is 2.44 bits per heavy atom. The second-order valence-corrected chi connectivity index (χ2v) is 6.75. The van der Waals surface area contributed by atoms with Gasteiger partial charge in [-0.15, -0.1) is 12.4 Å². The zero-order valence-corrected chi connectivity index (χ0v) is 15.1. The van der Waals surface area contributed by atoms with Crippen molar-refractivity contribution in [3.8, 4) is 5.75 Å². The quantitative estimate of drug-likeness (QED) is 0.616. The van der Waals surface area contributed by atoms with E-state index in [0.717, 1.165) is 33.9 Å². The Morgan fingerprint density at radius 1 is 1.08 bits per heavy atom. The Bertz CT molecular complexity index is 866. The lowest BCUT2D eigenvalue weighted by Gasteiger charge is -2.17. The van der Waals surface area contributed by atoms with Gasteiger partial charge in [0.1, 0.15) is 11.9 Å². The molecule has 7 heteroatoms. The van der Waals surface area contributed by atoms with Crippen molar-refractivity contribution in [1.29, 1.82) is 0 Å². The highest BCUT2D eigenvalue weighted by Crippen LogP contribution is 2.46. The number of nitrogen functional groups attached to an aromatic ring is 1. The number of amides is 1. The predicted octanol–water partition coefficient (Wildman–Crippen LogP) is 3.47. The summed E-state index contributed by atoms with van der Waals surface area (Å²) in [6.45, 7) is 3.87. The molecule has 2 aliphatic heterocycles. The van der Waals surface area contributed by atoms with Gasteiger partial charge in [0.05, 0.1) is 23.9 Å². The first kappa shape index (κ1) is 17.2. The highest BCUT2D eigenvalue weighted by molar-refractivity contribution is 6.07. The summed E-state index contributed by atoms with van der Waals surface area (Å²) in [5.41, 5.74) is 10.7. The number of methoxy groups -OCH3 is 1. The molecule has 2 aromatic carbocycles. The minimum atomic E-state index is -0.525. The third kappa shape index (κ3) is 2.53. The largest absolute Gasteiger partial charge is 0.496 e. The van der Waals surface area contributed by atoms with Crippen LogP contribution in [0.1, 0.15) is 31.1 Å². The minimum absolute atomic E-state index is 0. The number of halogens is 1. The molecule has 4 rings (SSSR count). The van der Waals surface area contributed by atoms with Crippen LogP contribution in [0.5, 0.6) is 5.75 Å². The van der Waals surface area contributed by atoms with Crippen molar-refractivity contribution in [3.63, 3.8) is 0 Å². The van der Waals surface area contributed by atoms with E-state index in [4.69, 9.17) is 10.5 Å². The molecular formula is C18H21ClN4O2. The first-order valence-corrected chi connectivity index (χ1v) is 7.86. The fourth-order valence-electron chi connectivity index (χ4n) is 3.33. The van der Waals surface area contributed by atoms with Crippen LogP contribution >= 0.6 is 12.4 Å². The van der Waals surface area contributed by atoms with Crippen LogP contribution in [-0.4, -0.2) is 13.0 Å². The predicted molar refractivity (Wildman–Crippen MR) is 103 cm³/mol. The maximum Gasteiger partial charge on any atom is 0.234 e. The normalized spacial score (nSPS) is 19.0. The molecule has 132 valence electrons. The number of hydrogen-bond donors (Lipinski definition) is 4. The SMILES string of the molecule is COc1cc(N)ccc1C1Nc2cc3c(cc2N1)C(C)(C)C(=O)N3.Cl. The molecule has 2 aromatic rings. The van der Waals surface area contributed by atoms with Crippen LogP contribution in [0.3, 0.4) is 0 Å². The van der Waals surface area contributed by atoms with E-state index in [1.54, 1.807) is 7.11 Å². The van der Waals surface area contributed by atoms with E-state index < -0.39 is 5.41 Å². The van der Waals surface area contributed by atoms with Crippen LogP contribution in [0.25, 0.3) is 0 Å². The van der Waals surface area contributed by atoms with Gasteiger partial charge in [-0.3, -0.25) is 4.79 Å². The van der Waals surface area contributed by atoms with Crippen molar-refractivity contribution in [3.05, 3.63) is 41.5 Å². The smallest absolute Gasteiger partial charge is 0.234 e. The van der Waals surface area contributed by atoms with Crippen molar-refractivity contribution in [2.75, 3.05) is 28.8 Å². The minimum Gasteiger partial charge on any atom is -0.496 e. The molecule has 0 saturated carbocycles. The summed E-state index contributed by atoms with van der Waals surface area (Å²) in [5, 5.41) is 9.84. The number of fused-ring (bicyclic) bond motifs is 2. The number of hydrogen-bond acceptors (Lipinski definition) is 5. The Hall–Kier alpha value is -2.60. The van der Waals surface area contributed by atoms with E-state index in [0.29, 0.717) is 5.69 Å². The average molecular weight is 361 g/mol. The fourth-order valence-corrected chi connectivity index (χ4v) is 3.33. The molecule has 0 bridgehead atoms. The molecule has 2 aliphatic rings. The molecule has 6 nitrogen and oxygen atoms in total. The molecular weight excluding hydrogens is 340 g/mol. The van der Waals surface area contributed by atoms with Crippen LogP contribution in [-0.2, 0) is 10.2 Å². The Labute approximate surface area is 152 Å². The number of ether oxygens (including phenoxy) is 1. The Kier molecular flexibility index (Phi) is 3.95. The van der Waals surface area contributed by atoms with Crippen molar-refractivity contribution in [1.82, 2.24) is 0 Å². The molecule has 0 saturated heterocycles. The topological polar surface area (TPSA) is 88.4 Å². The fraction of sp³-hybridized carbons (Fsp3) is 0.278. The molecule has 25 heavy (non-hydrogen) atoms. The molecule has 2 heterocycles. The number of nitrogens with two attached hydrogens (primary N) is 1. The summed E-state index contributed by atoms with van der Waals surface area (Å²) in [7, 11) is 1.63. The van der Waals surface area contributed by atoms with Gasteiger partial charge < -0.3 is 26.4 Å². The van der Waals surface area contributed by atoms with Gasteiger partial charge in [-0.05, 0) is 43.7 Å². The van der Waals surface area contributed by atoms with Gasteiger partial charge in [-0.2, -0.15) is 0 Å². The van der Waals surface area contributed by atoms with Gasteiger partial charge in [0, 0.05) is 23.0 Å². The highest BCUT2D eigenvalue weighted by Gasteiger charge is 2.40. The van der Waals surface area contributed by atoms with Crippen molar-refractivity contribution >= 4 is 41.1 Å². The highest BCUT2D eigenvalue weighted by atomic mass is 35.5. The van der Waals surface area contributed by atoms with Crippen molar-refractivity contribution in [2.24, 2.45) is 0 Å². The molecule has 0 fully saturated rings. The molecule has 0 spiro atoms. The van der Waals surface area contributed by atoms with E-state index in [1.165, 1.54) is 0 Å². The van der Waals surface area contributed by atoms with Crippen LogP contribution in [0, 0.1) is 0 Å². The van der Waals surface area contributed by atoms with E-state index >= 15 is 0 Å². The number of carbonyl (C=O) groups is 1. The number of anilines is 4. The van der Waals surface area contributed by atoms with Gasteiger partial charge in [0.2, 0.25) is 5.91 Å². The van der Waals surface area contributed by atoms with Gasteiger partial charge in [-0.1, -0.05) is 0 Å². The average Bonchev–Trinajstić information content (AvgIpc) is 3.04. The van der Waals surface area contributed by atoms with Crippen LogP contribution < -0.4 is 26.4 Å². The van der Waals surface area contributed by atoms with E-state index in [1.807, 2.05) is 44.2 Å². The van der Waals surface area contributed by atoms with Gasteiger partial charge in [0.15, 0.2) is 0 Å². The van der Waals surface area contributed by atoms with Crippen molar-refractivity contribution < 1.29 is 9.53 Å². The lowest BCUT2D eigenvalue weighted by atomic mass is 9.86. The Morgan fingerprint density at radius 2 is 1.76 bits per heavy atom. The Balaban J connectivity index is 0.00000182. The zero-order valence-electron chi connectivity index (χ0n) is 14.3. The van der Waals surface area contributed by atoms with Crippen molar-refractivity contribution in [2.45, 2.75) is 25.4 Å². The maximum atomic E-state index is 12.1. The molecule has 0 aliphatic carbocycles. The number of rotatable bonds is 2. The number of nitrogens with one attached hydrogen (secondary N) is 3. The van der Waals surface area contributed by atoms with Gasteiger partial charge >= 0.3 is 0 Å². The molecule has 1 amide bonds. The molecule has 0 radical (unpaired) electrons. The number of carbonyl (C=O) groups excluding carboxylic acids is 1. The van der Waals surface area contributed by atoms with E-state index in [9.17, 15) is 4.79 Å². The lowest BCUT2D eigenvalue weighted by molar-refractivity contribution is -0.119. The summed E-state index contributed by atoms with van der Waals surface area (Å²) in [5.74, 6) is 0.756. The lowest BCUT2D eigenvalue weighted by Crippen LogP contribution is -2.26. The maximum absolute atomic E-state index is 12.1. The summed E-state index contributed by atoms with van der Waals surface area (Å²) in [6, 6.07) is 9.63. The summed E-state index contributed by atoms with van der Waals surface area (Å²) >= 11 is 0. The van der Waals surface area contributed by atoms with E-state index in [-0.39, 0.29) is 24.5 Å². The van der Waals surface area contributed by atoms with Gasteiger partial charge in [0.25, 0.3) is 0 Å². The second kappa shape index (κ2) is 5.74. The standard InChI is InChI=1S/C18H20N4O2.ClH/c1-18(2)11-7-13-14(8-12(11)22-17(18)23)21-16(20-13)10-5-4-9(19)6-15(10)24-3;/h4-8,16,20-21H,19H2,1-3H3,(H,22,23);1H. The second-order valence-electron chi connectivity index (χ2n) is 6.75. The van der Waals surface area contributed by atoms with Crippen LogP contribution in [0.15, 0.2) is 30.3 Å². The summed E-state index contributed by atoms with van der Waals surface area (Å²) < 4.78 is 5.45. The molecule has 1 atom stereocenters.